The van der Waals surface area contributed by atoms with Crippen molar-refractivity contribution in [1.82, 2.24) is 19.8 Å². The molecule has 0 bridgehead atoms. The molecular weight excluding hydrogens is 593 g/mol. The van der Waals surface area contributed by atoms with E-state index in [4.69, 9.17) is 21.4 Å². The summed E-state index contributed by atoms with van der Waals surface area (Å²) in [7, 11) is 0. The Kier molecular flexibility index (Phi) is 11.3. The lowest BCUT2D eigenvalue weighted by Crippen LogP contribution is -2.48. The highest BCUT2D eigenvalue weighted by atomic mass is 35.5. The third-order valence-corrected chi connectivity index (χ3v) is 9.50. The number of β-amino-alcohol motifs (C(OH)–C–C–N with tert-alkyl or cyclic N) is 1. The molecule has 1 aromatic carbocycles. The lowest BCUT2D eigenvalue weighted by molar-refractivity contribution is -0.130. The number of hydrogen-bond donors (Lipinski definition) is 4. The van der Waals surface area contributed by atoms with Crippen molar-refractivity contribution < 1.29 is 34.3 Å². The number of hydrogen-bond acceptors (Lipinski definition) is 10. The zero-order valence-corrected chi connectivity index (χ0v) is 25.6. The monoisotopic (exact) mass is 635 g/mol. The second-order valence-corrected chi connectivity index (χ2v) is 12.7. The largest absolute Gasteiger partial charge is 0.493 e. The van der Waals surface area contributed by atoms with Crippen LogP contribution >= 0.6 is 11.6 Å². The van der Waals surface area contributed by atoms with E-state index in [9.17, 15) is 24.5 Å². The van der Waals surface area contributed by atoms with Crippen molar-refractivity contribution in [2.45, 2.75) is 62.9 Å². The first kappa shape index (κ1) is 32.8. The molecule has 5 rings (SSSR count). The van der Waals surface area contributed by atoms with Crippen LogP contribution in [0.5, 0.6) is 5.75 Å². The maximum Gasteiger partial charge on any atom is 0.227 e. The molecule has 2 aromatic rings. The average molecular weight is 636 g/mol. The SMILES string of the molecule is O=C(Cc1ccc(OCCCC2CCN(c3ncc(Cl)cn3)CC2)cc1F)N1C[C@H]2CCN(CC(O)C(O)C(O)CO)[C@H]2C1. The second-order valence-electron chi connectivity index (χ2n) is 12.3. The Morgan fingerprint density at radius 2 is 1.82 bits per heavy atom. The van der Waals surface area contributed by atoms with Gasteiger partial charge in [0.05, 0.1) is 43.2 Å². The molecule has 3 saturated heterocycles. The number of fused-ring (bicyclic) bond motifs is 1. The van der Waals surface area contributed by atoms with Gasteiger partial charge in [-0.25, -0.2) is 14.4 Å². The number of benzene rings is 1. The molecule has 11 nitrogen and oxygen atoms in total. The minimum absolute atomic E-state index is 0.0257. The number of carbonyl (C=O) groups excluding carboxylic acids is 1. The fourth-order valence-electron chi connectivity index (χ4n) is 6.68. The van der Waals surface area contributed by atoms with Gasteiger partial charge in [-0.3, -0.25) is 9.69 Å². The predicted octanol–water partition coefficient (Wildman–Crippen LogP) is 1.49. The molecule has 3 aliphatic rings. The summed E-state index contributed by atoms with van der Waals surface area (Å²) in [5.41, 5.74) is 0.323. The Morgan fingerprint density at radius 1 is 1.07 bits per heavy atom. The molecule has 13 heteroatoms. The van der Waals surface area contributed by atoms with Crippen LogP contribution in [-0.2, 0) is 11.2 Å². The van der Waals surface area contributed by atoms with Crippen LogP contribution in [0.3, 0.4) is 0 Å². The number of aromatic nitrogens is 2. The van der Waals surface area contributed by atoms with Gasteiger partial charge in [0, 0.05) is 44.8 Å². The second kappa shape index (κ2) is 15.1. The van der Waals surface area contributed by atoms with Crippen molar-refractivity contribution in [3.05, 3.63) is 47.0 Å². The highest BCUT2D eigenvalue weighted by molar-refractivity contribution is 6.30. The summed E-state index contributed by atoms with van der Waals surface area (Å²) >= 11 is 5.88. The van der Waals surface area contributed by atoms with Gasteiger partial charge in [0.1, 0.15) is 23.8 Å². The Bertz CT molecular complexity index is 1240. The maximum absolute atomic E-state index is 14.9. The smallest absolute Gasteiger partial charge is 0.227 e. The number of nitrogens with zero attached hydrogens (tertiary/aromatic N) is 5. The third kappa shape index (κ3) is 8.15. The first-order valence-corrected chi connectivity index (χ1v) is 15.9. The molecule has 44 heavy (non-hydrogen) atoms. The molecule has 0 aliphatic carbocycles. The predicted molar refractivity (Wildman–Crippen MR) is 162 cm³/mol. The van der Waals surface area contributed by atoms with E-state index < -0.39 is 30.7 Å². The number of ether oxygens (including phenoxy) is 1. The molecule has 242 valence electrons. The molecule has 4 heterocycles. The van der Waals surface area contributed by atoms with Gasteiger partial charge in [-0.15, -0.1) is 0 Å². The molecule has 3 fully saturated rings. The van der Waals surface area contributed by atoms with Crippen molar-refractivity contribution in [1.29, 1.82) is 0 Å². The summed E-state index contributed by atoms with van der Waals surface area (Å²) < 4.78 is 20.8. The van der Waals surface area contributed by atoms with Gasteiger partial charge in [-0.2, -0.15) is 0 Å². The fourth-order valence-corrected chi connectivity index (χ4v) is 6.78. The number of rotatable bonds is 13. The van der Waals surface area contributed by atoms with Gasteiger partial charge in [0.2, 0.25) is 11.9 Å². The van der Waals surface area contributed by atoms with Crippen LogP contribution in [0.25, 0.3) is 0 Å². The van der Waals surface area contributed by atoms with Crippen molar-refractivity contribution in [2.75, 3.05) is 57.4 Å². The third-order valence-electron chi connectivity index (χ3n) is 9.31. The number of likely N-dealkylation sites (tertiary alicyclic amines) is 2. The molecule has 0 saturated carbocycles. The van der Waals surface area contributed by atoms with E-state index >= 15 is 0 Å². The van der Waals surface area contributed by atoms with Gasteiger partial charge in [0.25, 0.3) is 0 Å². The number of aliphatic hydroxyl groups is 4. The zero-order valence-electron chi connectivity index (χ0n) is 24.8. The molecule has 3 unspecified atom stereocenters. The molecule has 0 radical (unpaired) electrons. The lowest BCUT2D eigenvalue weighted by Gasteiger charge is -2.31. The van der Waals surface area contributed by atoms with Crippen molar-refractivity contribution in [2.24, 2.45) is 11.8 Å². The fraction of sp³-hybridized carbons (Fsp3) is 0.645. The van der Waals surface area contributed by atoms with E-state index in [-0.39, 0.29) is 30.8 Å². The molecule has 1 amide bonds. The minimum atomic E-state index is -1.45. The number of amides is 1. The summed E-state index contributed by atoms with van der Waals surface area (Å²) in [5, 5.41) is 39.5. The normalized spacial score (nSPS) is 23.0. The summed E-state index contributed by atoms with van der Waals surface area (Å²) in [6.07, 6.45) is 3.96. The van der Waals surface area contributed by atoms with E-state index in [0.29, 0.717) is 54.4 Å². The van der Waals surface area contributed by atoms with Crippen molar-refractivity contribution >= 4 is 23.5 Å². The van der Waals surface area contributed by atoms with Crippen LogP contribution in [0.1, 0.15) is 37.7 Å². The number of anilines is 1. The first-order chi connectivity index (χ1) is 21.2. The lowest BCUT2D eigenvalue weighted by atomic mass is 9.92. The van der Waals surface area contributed by atoms with Crippen molar-refractivity contribution in [3.63, 3.8) is 0 Å². The van der Waals surface area contributed by atoms with Crippen LogP contribution in [0, 0.1) is 17.7 Å². The number of halogens is 2. The average Bonchev–Trinajstić information content (AvgIpc) is 3.62. The van der Waals surface area contributed by atoms with E-state index in [2.05, 4.69) is 14.9 Å². The van der Waals surface area contributed by atoms with Crippen LogP contribution in [0.15, 0.2) is 30.6 Å². The molecule has 1 aromatic heterocycles. The molecule has 5 atom stereocenters. The van der Waals surface area contributed by atoms with Gasteiger partial charge < -0.3 is 35.0 Å². The van der Waals surface area contributed by atoms with E-state index in [1.165, 1.54) is 6.07 Å². The van der Waals surface area contributed by atoms with Crippen LogP contribution < -0.4 is 9.64 Å². The van der Waals surface area contributed by atoms with Crippen LogP contribution in [0.4, 0.5) is 10.3 Å². The van der Waals surface area contributed by atoms with Crippen LogP contribution in [-0.4, -0.2) is 123 Å². The topological polar surface area (TPSA) is 143 Å². The van der Waals surface area contributed by atoms with E-state index in [1.54, 1.807) is 29.4 Å². The zero-order chi connectivity index (χ0) is 31.2. The summed E-state index contributed by atoms with van der Waals surface area (Å²) in [6.45, 7) is 3.54. The van der Waals surface area contributed by atoms with E-state index in [0.717, 1.165) is 45.2 Å². The quantitative estimate of drug-likeness (QED) is 0.239. The van der Waals surface area contributed by atoms with Gasteiger partial charge in [-0.05, 0) is 62.1 Å². The highest BCUT2D eigenvalue weighted by Crippen LogP contribution is 2.32. The molecular formula is C31H43ClFN5O6. The molecule has 0 spiro atoms. The maximum atomic E-state index is 14.9. The Morgan fingerprint density at radius 3 is 2.52 bits per heavy atom. The Labute approximate surface area is 262 Å². The number of carbonyl (C=O) groups is 1. The summed E-state index contributed by atoms with van der Waals surface area (Å²) in [5.74, 6) is 1.37. The Hall–Kier alpha value is -2.61. The highest BCUT2D eigenvalue weighted by Gasteiger charge is 2.43. The Balaban J connectivity index is 1.02. The van der Waals surface area contributed by atoms with E-state index in [1.807, 2.05) is 4.90 Å². The van der Waals surface area contributed by atoms with Gasteiger partial charge >= 0.3 is 0 Å². The van der Waals surface area contributed by atoms with Gasteiger partial charge in [0.15, 0.2) is 0 Å². The molecule has 3 aliphatic heterocycles. The number of aliphatic hydroxyl groups excluding tert-OH is 4. The summed E-state index contributed by atoms with van der Waals surface area (Å²) in [6, 6.07) is 4.70. The van der Waals surface area contributed by atoms with Gasteiger partial charge in [-0.1, -0.05) is 17.7 Å². The minimum Gasteiger partial charge on any atom is -0.493 e. The standard InChI is InChI=1S/C31H43ClFN5O6/c32-23-14-34-31(35-15-23)36-8-5-20(6-9-36)2-1-11-44-24-4-3-21(25(33)13-24)12-29(42)38-16-22-7-10-37(26(22)17-38)18-27(40)30(43)28(41)19-39/h3-4,13-15,20,22,26-28,30,39-41,43H,1-2,5-12,16-19H2/t22-,26+,27?,28?,30?/m1/s1. The van der Waals surface area contributed by atoms with Crippen LogP contribution in [0.2, 0.25) is 5.02 Å². The number of piperidine rings is 1. The molecule has 4 N–H and O–H groups in total. The first-order valence-electron chi connectivity index (χ1n) is 15.5. The summed E-state index contributed by atoms with van der Waals surface area (Å²) in [4.78, 5) is 27.6. The van der Waals surface area contributed by atoms with Crippen molar-refractivity contribution in [3.8, 4) is 5.75 Å².